The van der Waals surface area contributed by atoms with Crippen molar-refractivity contribution in [1.29, 1.82) is 0 Å². The number of carboxylic acid groups (broad SMARTS) is 1. The average Bonchev–Trinajstić information content (AvgIpc) is 2.49. The lowest BCUT2D eigenvalue weighted by molar-refractivity contribution is 0.0697. The Labute approximate surface area is 123 Å². The van der Waals surface area contributed by atoms with Gasteiger partial charge >= 0.3 is 5.97 Å². The number of aryl methyl sites for hydroxylation is 1. The number of rotatable bonds is 7. The van der Waals surface area contributed by atoms with Crippen LogP contribution >= 0.6 is 0 Å². The lowest BCUT2D eigenvalue weighted by Gasteiger charge is -2.09. The summed E-state index contributed by atoms with van der Waals surface area (Å²) >= 11 is 0. The molecular formula is C16H17NO4. The Morgan fingerprint density at radius 2 is 1.86 bits per heavy atom. The molecule has 5 nitrogen and oxygen atoms in total. The average molecular weight is 287 g/mol. The molecule has 0 spiro atoms. The van der Waals surface area contributed by atoms with E-state index in [0.29, 0.717) is 19.0 Å². The topological polar surface area (TPSA) is 68.7 Å². The minimum absolute atomic E-state index is 0.248. The van der Waals surface area contributed by atoms with Crippen LogP contribution in [0.4, 0.5) is 0 Å². The maximum Gasteiger partial charge on any atom is 0.335 e. The second-order valence-corrected chi connectivity index (χ2v) is 4.47. The van der Waals surface area contributed by atoms with E-state index in [4.69, 9.17) is 14.6 Å². The molecule has 0 aliphatic rings. The van der Waals surface area contributed by atoms with Crippen molar-refractivity contribution in [1.82, 2.24) is 4.98 Å². The molecular weight excluding hydrogens is 270 g/mol. The van der Waals surface area contributed by atoms with Crippen molar-refractivity contribution in [3.8, 4) is 11.5 Å². The molecule has 1 N–H and O–H groups in total. The minimum atomic E-state index is -0.943. The summed E-state index contributed by atoms with van der Waals surface area (Å²) in [5.41, 5.74) is 1.11. The molecule has 2 rings (SSSR count). The smallest absolute Gasteiger partial charge is 0.335 e. The number of ether oxygens (including phenoxy) is 2. The van der Waals surface area contributed by atoms with Gasteiger partial charge in [-0.05, 0) is 43.3 Å². The van der Waals surface area contributed by atoms with E-state index < -0.39 is 5.97 Å². The SMILES string of the molecule is Cc1ncccc1OCCCOc1ccc(C(=O)O)cc1. The van der Waals surface area contributed by atoms with Crippen LogP contribution in [0.2, 0.25) is 0 Å². The molecule has 0 saturated carbocycles. The zero-order valence-electron chi connectivity index (χ0n) is 11.8. The monoisotopic (exact) mass is 287 g/mol. The van der Waals surface area contributed by atoms with Crippen LogP contribution in [0.5, 0.6) is 11.5 Å². The van der Waals surface area contributed by atoms with Gasteiger partial charge in [0.05, 0.1) is 24.5 Å². The third kappa shape index (κ3) is 4.49. The third-order valence-corrected chi connectivity index (χ3v) is 2.87. The maximum atomic E-state index is 10.7. The molecule has 0 unspecified atom stereocenters. The van der Waals surface area contributed by atoms with E-state index in [0.717, 1.165) is 17.9 Å². The molecule has 110 valence electrons. The Morgan fingerprint density at radius 1 is 1.14 bits per heavy atom. The number of hydrogen-bond donors (Lipinski definition) is 1. The van der Waals surface area contributed by atoms with Gasteiger partial charge in [-0.3, -0.25) is 4.98 Å². The number of aromatic carboxylic acids is 1. The molecule has 0 saturated heterocycles. The van der Waals surface area contributed by atoms with Crippen molar-refractivity contribution in [2.75, 3.05) is 13.2 Å². The summed E-state index contributed by atoms with van der Waals surface area (Å²) in [5, 5.41) is 8.79. The van der Waals surface area contributed by atoms with Gasteiger partial charge in [0.15, 0.2) is 0 Å². The van der Waals surface area contributed by atoms with Gasteiger partial charge in [-0.1, -0.05) is 0 Å². The van der Waals surface area contributed by atoms with Crippen LogP contribution < -0.4 is 9.47 Å². The molecule has 0 aliphatic heterocycles. The molecule has 0 radical (unpaired) electrons. The maximum absolute atomic E-state index is 10.7. The molecule has 2 aromatic rings. The van der Waals surface area contributed by atoms with Gasteiger partial charge in [-0.2, -0.15) is 0 Å². The highest BCUT2D eigenvalue weighted by Gasteiger charge is 2.02. The summed E-state index contributed by atoms with van der Waals surface area (Å²) in [6.07, 6.45) is 2.46. The predicted octanol–water partition coefficient (Wildman–Crippen LogP) is 2.94. The molecule has 0 amide bonds. The largest absolute Gasteiger partial charge is 0.493 e. The highest BCUT2D eigenvalue weighted by Crippen LogP contribution is 2.14. The van der Waals surface area contributed by atoms with Gasteiger partial charge in [0.25, 0.3) is 0 Å². The van der Waals surface area contributed by atoms with Gasteiger partial charge in [0, 0.05) is 12.6 Å². The normalized spacial score (nSPS) is 10.1. The van der Waals surface area contributed by atoms with Crippen molar-refractivity contribution >= 4 is 5.97 Å². The number of aromatic nitrogens is 1. The molecule has 21 heavy (non-hydrogen) atoms. The number of nitrogens with zero attached hydrogens (tertiary/aromatic N) is 1. The number of carbonyl (C=O) groups is 1. The van der Waals surface area contributed by atoms with Crippen LogP contribution in [0, 0.1) is 6.92 Å². The van der Waals surface area contributed by atoms with E-state index in [1.807, 2.05) is 19.1 Å². The summed E-state index contributed by atoms with van der Waals surface area (Å²) in [5.74, 6) is 0.489. The first-order valence-electron chi connectivity index (χ1n) is 6.67. The Balaban J connectivity index is 1.70. The second-order valence-electron chi connectivity index (χ2n) is 4.47. The fourth-order valence-electron chi connectivity index (χ4n) is 1.75. The summed E-state index contributed by atoms with van der Waals surface area (Å²) in [4.78, 5) is 14.9. The van der Waals surface area contributed by atoms with Crippen LogP contribution in [0.1, 0.15) is 22.5 Å². The van der Waals surface area contributed by atoms with Crippen molar-refractivity contribution < 1.29 is 19.4 Å². The van der Waals surface area contributed by atoms with E-state index in [9.17, 15) is 4.79 Å². The number of hydrogen-bond acceptors (Lipinski definition) is 4. The molecule has 0 fully saturated rings. The highest BCUT2D eigenvalue weighted by molar-refractivity contribution is 5.87. The van der Waals surface area contributed by atoms with Crippen LogP contribution in [0.3, 0.4) is 0 Å². The van der Waals surface area contributed by atoms with Gasteiger partial charge in [0.1, 0.15) is 11.5 Å². The van der Waals surface area contributed by atoms with Gasteiger partial charge in [0.2, 0.25) is 0 Å². The molecule has 5 heteroatoms. The Morgan fingerprint density at radius 3 is 2.52 bits per heavy atom. The van der Waals surface area contributed by atoms with E-state index in [-0.39, 0.29) is 5.56 Å². The number of pyridine rings is 1. The van der Waals surface area contributed by atoms with Crippen LogP contribution in [0.25, 0.3) is 0 Å². The summed E-state index contributed by atoms with van der Waals surface area (Å²) in [7, 11) is 0. The number of carboxylic acids is 1. The fraction of sp³-hybridized carbons (Fsp3) is 0.250. The van der Waals surface area contributed by atoms with Gasteiger partial charge < -0.3 is 14.6 Å². The summed E-state index contributed by atoms with van der Waals surface area (Å²) < 4.78 is 11.1. The van der Waals surface area contributed by atoms with E-state index in [2.05, 4.69) is 4.98 Å². The quantitative estimate of drug-likeness (QED) is 0.793. The van der Waals surface area contributed by atoms with Gasteiger partial charge in [-0.25, -0.2) is 4.79 Å². The minimum Gasteiger partial charge on any atom is -0.493 e. The van der Waals surface area contributed by atoms with Crippen molar-refractivity contribution in [3.05, 3.63) is 53.9 Å². The Hall–Kier alpha value is -2.56. The van der Waals surface area contributed by atoms with Crippen molar-refractivity contribution in [2.24, 2.45) is 0 Å². The highest BCUT2D eigenvalue weighted by atomic mass is 16.5. The first-order chi connectivity index (χ1) is 10.2. The Kier molecular flexibility index (Phi) is 5.15. The molecule has 0 aliphatic carbocycles. The molecule has 0 atom stereocenters. The summed E-state index contributed by atoms with van der Waals surface area (Å²) in [6.45, 7) is 2.95. The molecule has 1 aromatic carbocycles. The fourth-order valence-corrected chi connectivity index (χ4v) is 1.75. The van der Waals surface area contributed by atoms with Crippen LogP contribution in [-0.2, 0) is 0 Å². The lowest BCUT2D eigenvalue weighted by atomic mass is 10.2. The second kappa shape index (κ2) is 7.28. The molecule has 0 bridgehead atoms. The lowest BCUT2D eigenvalue weighted by Crippen LogP contribution is -2.06. The van der Waals surface area contributed by atoms with Crippen molar-refractivity contribution in [3.63, 3.8) is 0 Å². The first kappa shape index (κ1) is 14.8. The summed E-state index contributed by atoms with van der Waals surface area (Å²) in [6, 6.07) is 10.1. The van der Waals surface area contributed by atoms with Gasteiger partial charge in [-0.15, -0.1) is 0 Å². The van der Waals surface area contributed by atoms with Crippen LogP contribution in [-0.4, -0.2) is 29.3 Å². The van der Waals surface area contributed by atoms with Crippen LogP contribution in [0.15, 0.2) is 42.6 Å². The first-order valence-corrected chi connectivity index (χ1v) is 6.67. The number of benzene rings is 1. The van der Waals surface area contributed by atoms with E-state index in [1.54, 1.807) is 18.3 Å². The Bertz CT molecular complexity index is 595. The molecule has 1 aromatic heterocycles. The third-order valence-electron chi connectivity index (χ3n) is 2.87. The zero-order valence-corrected chi connectivity index (χ0v) is 11.8. The van der Waals surface area contributed by atoms with E-state index in [1.165, 1.54) is 12.1 Å². The predicted molar refractivity (Wildman–Crippen MR) is 78.0 cm³/mol. The zero-order chi connectivity index (χ0) is 15.1. The van der Waals surface area contributed by atoms with Crippen molar-refractivity contribution in [2.45, 2.75) is 13.3 Å². The standard InChI is InChI=1S/C16H17NO4/c1-12-15(4-2-9-17-12)21-11-3-10-20-14-7-5-13(6-8-14)16(18)19/h2,4-9H,3,10-11H2,1H3,(H,18,19). The van der Waals surface area contributed by atoms with E-state index >= 15 is 0 Å². The molecule has 1 heterocycles.